The molecule has 0 aromatic carbocycles. The third kappa shape index (κ3) is 2.68. The van der Waals surface area contributed by atoms with Crippen molar-refractivity contribution in [3.63, 3.8) is 0 Å². The van der Waals surface area contributed by atoms with Crippen LogP contribution >= 0.6 is 0 Å². The molecular weight excluding hydrogens is 208 g/mol. The maximum absolute atomic E-state index is 6.11. The average Bonchev–Trinajstić information content (AvgIpc) is 2.72. The normalized spacial score (nSPS) is 36.9. The molecule has 100 valence electrons. The van der Waals surface area contributed by atoms with E-state index in [1.54, 1.807) is 0 Å². The maximum Gasteiger partial charge on any atom is 0.0334 e. The van der Waals surface area contributed by atoms with Crippen molar-refractivity contribution in [2.45, 2.75) is 58.4 Å². The number of rotatable bonds is 3. The SMILES string of the molecule is CC1CCC(CN)(N2CCC(C(C)C)CC2)C1. The van der Waals surface area contributed by atoms with E-state index in [1.165, 1.54) is 45.2 Å². The van der Waals surface area contributed by atoms with E-state index < -0.39 is 0 Å². The van der Waals surface area contributed by atoms with Crippen LogP contribution in [0.3, 0.4) is 0 Å². The molecule has 0 aromatic rings. The molecule has 17 heavy (non-hydrogen) atoms. The van der Waals surface area contributed by atoms with Crippen molar-refractivity contribution < 1.29 is 0 Å². The summed E-state index contributed by atoms with van der Waals surface area (Å²) in [7, 11) is 0. The predicted octanol–water partition coefficient (Wildman–Crippen LogP) is 2.87. The van der Waals surface area contributed by atoms with Gasteiger partial charge in [-0.25, -0.2) is 0 Å². The lowest BCUT2D eigenvalue weighted by Gasteiger charge is -2.45. The van der Waals surface area contributed by atoms with E-state index in [4.69, 9.17) is 5.73 Å². The number of nitrogens with zero attached hydrogens (tertiary/aromatic N) is 1. The van der Waals surface area contributed by atoms with Gasteiger partial charge in [0.25, 0.3) is 0 Å². The lowest BCUT2D eigenvalue weighted by Crippen LogP contribution is -2.55. The van der Waals surface area contributed by atoms with Crippen LogP contribution in [0.25, 0.3) is 0 Å². The first-order valence-corrected chi connectivity index (χ1v) is 7.52. The van der Waals surface area contributed by atoms with Crippen LogP contribution in [0.5, 0.6) is 0 Å². The Morgan fingerprint density at radius 1 is 1.24 bits per heavy atom. The van der Waals surface area contributed by atoms with Gasteiger partial charge >= 0.3 is 0 Å². The molecular formula is C15H30N2. The van der Waals surface area contributed by atoms with Gasteiger partial charge in [-0.15, -0.1) is 0 Å². The van der Waals surface area contributed by atoms with Gasteiger partial charge in [0.05, 0.1) is 0 Å². The highest BCUT2D eigenvalue weighted by Crippen LogP contribution is 2.40. The second-order valence-electron chi connectivity index (χ2n) is 6.84. The van der Waals surface area contributed by atoms with Crippen LogP contribution in [0.4, 0.5) is 0 Å². The van der Waals surface area contributed by atoms with Gasteiger partial charge in [-0.05, 0) is 62.9 Å². The molecule has 1 aliphatic carbocycles. The Balaban J connectivity index is 1.95. The molecule has 0 bridgehead atoms. The average molecular weight is 238 g/mol. The number of likely N-dealkylation sites (tertiary alicyclic amines) is 1. The van der Waals surface area contributed by atoms with E-state index in [9.17, 15) is 0 Å². The highest BCUT2D eigenvalue weighted by Gasteiger charge is 2.42. The molecule has 0 aromatic heterocycles. The van der Waals surface area contributed by atoms with Crippen molar-refractivity contribution in [3.05, 3.63) is 0 Å². The van der Waals surface area contributed by atoms with Crippen LogP contribution in [-0.4, -0.2) is 30.1 Å². The molecule has 2 N–H and O–H groups in total. The van der Waals surface area contributed by atoms with Crippen molar-refractivity contribution in [2.75, 3.05) is 19.6 Å². The van der Waals surface area contributed by atoms with Crippen molar-refractivity contribution in [1.82, 2.24) is 4.90 Å². The van der Waals surface area contributed by atoms with Crippen molar-refractivity contribution in [1.29, 1.82) is 0 Å². The molecule has 2 fully saturated rings. The minimum Gasteiger partial charge on any atom is -0.329 e. The first-order valence-electron chi connectivity index (χ1n) is 7.52. The summed E-state index contributed by atoms with van der Waals surface area (Å²) < 4.78 is 0. The molecule has 1 heterocycles. The Hall–Kier alpha value is -0.0800. The van der Waals surface area contributed by atoms with E-state index in [0.29, 0.717) is 5.54 Å². The zero-order valence-electron chi connectivity index (χ0n) is 11.9. The summed E-state index contributed by atoms with van der Waals surface area (Å²) in [5.41, 5.74) is 6.48. The Morgan fingerprint density at radius 2 is 1.88 bits per heavy atom. The highest BCUT2D eigenvalue weighted by molar-refractivity contribution is 4.99. The molecule has 2 atom stereocenters. The van der Waals surface area contributed by atoms with Crippen LogP contribution in [-0.2, 0) is 0 Å². The van der Waals surface area contributed by atoms with E-state index >= 15 is 0 Å². The summed E-state index contributed by atoms with van der Waals surface area (Å²) in [6, 6.07) is 0. The molecule has 2 unspecified atom stereocenters. The summed E-state index contributed by atoms with van der Waals surface area (Å²) in [4.78, 5) is 2.73. The lowest BCUT2D eigenvalue weighted by atomic mass is 9.83. The molecule has 1 saturated carbocycles. The fourth-order valence-corrected chi connectivity index (χ4v) is 4.01. The first-order chi connectivity index (χ1) is 8.07. The van der Waals surface area contributed by atoms with Gasteiger partial charge in [-0.3, -0.25) is 4.90 Å². The van der Waals surface area contributed by atoms with Gasteiger partial charge in [0.1, 0.15) is 0 Å². The quantitative estimate of drug-likeness (QED) is 0.819. The Kier molecular flexibility index (Phi) is 4.14. The molecule has 2 rings (SSSR count). The Bertz CT molecular complexity index is 243. The number of hydrogen-bond donors (Lipinski definition) is 1. The Labute approximate surface area is 107 Å². The largest absolute Gasteiger partial charge is 0.329 e. The zero-order chi connectivity index (χ0) is 12.5. The van der Waals surface area contributed by atoms with E-state index in [-0.39, 0.29) is 0 Å². The van der Waals surface area contributed by atoms with Gasteiger partial charge in [-0.2, -0.15) is 0 Å². The number of nitrogens with two attached hydrogens (primary N) is 1. The minimum atomic E-state index is 0.362. The molecule has 1 aliphatic heterocycles. The smallest absolute Gasteiger partial charge is 0.0334 e. The fraction of sp³-hybridized carbons (Fsp3) is 1.00. The standard InChI is InChI=1S/C15H30N2/c1-12(2)14-5-8-17(9-6-14)15(11-16)7-4-13(3)10-15/h12-14H,4-11,16H2,1-3H3. The van der Waals surface area contributed by atoms with E-state index in [0.717, 1.165) is 24.3 Å². The molecule has 2 aliphatic rings. The zero-order valence-corrected chi connectivity index (χ0v) is 11.9. The summed E-state index contributed by atoms with van der Waals surface area (Å²) >= 11 is 0. The fourth-order valence-electron chi connectivity index (χ4n) is 4.01. The molecule has 0 amide bonds. The minimum absolute atomic E-state index is 0.362. The Morgan fingerprint density at radius 3 is 2.29 bits per heavy atom. The molecule has 1 saturated heterocycles. The third-order valence-corrected chi connectivity index (χ3v) is 5.36. The lowest BCUT2D eigenvalue weighted by molar-refractivity contribution is 0.0475. The summed E-state index contributed by atoms with van der Waals surface area (Å²) in [6.45, 7) is 10.6. The molecule has 2 heteroatoms. The van der Waals surface area contributed by atoms with Gasteiger partial charge in [0, 0.05) is 12.1 Å². The van der Waals surface area contributed by atoms with Crippen LogP contribution in [0, 0.1) is 17.8 Å². The maximum atomic E-state index is 6.11. The van der Waals surface area contributed by atoms with Crippen LogP contribution in [0.15, 0.2) is 0 Å². The van der Waals surface area contributed by atoms with Gasteiger partial charge in [0.15, 0.2) is 0 Å². The number of piperidine rings is 1. The van der Waals surface area contributed by atoms with Crippen LogP contribution in [0.1, 0.15) is 52.9 Å². The molecule has 0 radical (unpaired) electrons. The third-order valence-electron chi connectivity index (χ3n) is 5.36. The van der Waals surface area contributed by atoms with Gasteiger partial charge < -0.3 is 5.73 Å². The molecule has 0 spiro atoms. The van der Waals surface area contributed by atoms with Crippen molar-refractivity contribution in [2.24, 2.45) is 23.5 Å². The van der Waals surface area contributed by atoms with Crippen LogP contribution < -0.4 is 5.73 Å². The summed E-state index contributed by atoms with van der Waals surface area (Å²) in [6.07, 6.45) is 6.80. The van der Waals surface area contributed by atoms with Gasteiger partial charge in [-0.1, -0.05) is 20.8 Å². The summed E-state index contributed by atoms with van der Waals surface area (Å²) in [5.74, 6) is 2.68. The van der Waals surface area contributed by atoms with Gasteiger partial charge in [0.2, 0.25) is 0 Å². The first kappa shape index (κ1) is 13.4. The molecule has 2 nitrogen and oxygen atoms in total. The van der Waals surface area contributed by atoms with E-state index in [1.807, 2.05) is 0 Å². The second kappa shape index (κ2) is 5.27. The monoisotopic (exact) mass is 238 g/mol. The van der Waals surface area contributed by atoms with E-state index in [2.05, 4.69) is 25.7 Å². The summed E-state index contributed by atoms with van der Waals surface area (Å²) in [5, 5.41) is 0. The predicted molar refractivity (Wildman–Crippen MR) is 73.9 cm³/mol. The van der Waals surface area contributed by atoms with Crippen molar-refractivity contribution in [3.8, 4) is 0 Å². The second-order valence-corrected chi connectivity index (χ2v) is 6.84. The van der Waals surface area contributed by atoms with Crippen molar-refractivity contribution >= 4 is 0 Å². The number of hydrogen-bond acceptors (Lipinski definition) is 2. The van der Waals surface area contributed by atoms with Crippen LogP contribution in [0.2, 0.25) is 0 Å². The highest BCUT2D eigenvalue weighted by atomic mass is 15.2. The topological polar surface area (TPSA) is 29.3 Å².